The second-order valence-electron chi connectivity index (χ2n) is 10.2. The summed E-state index contributed by atoms with van der Waals surface area (Å²) in [6.07, 6.45) is 14.1. The standard InChI is InChI=1S/C22H27NO3S.C10H21N.Li.H/c1-4-7-16-10-11-18(19(14-16)17-9-6-5-8-15(17)2)21(24)23-20(22(25)26)12-13-27-3;1-2-3-9-11-10-7-5-4-6-8-10;;/h5-6,8-11,14,20H,4,7,12-13H2,1-3H3,(H,23,24)(H,25,26);10-11H,2-9H2,1H3;;. The van der Waals surface area contributed by atoms with Crippen LogP contribution in [0.1, 0.15) is 93.1 Å². The van der Waals surface area contributed by atoms with Gasteiger partial charge in [0.25, 0.3) is 5.91 Å². The number of unbranched alkanes of at least 4 members (excludes halogenated alkanes) is 1. The van der Waals surface area contributed by atoms with E-state index < -0.39 is 12.0 Å². The Kier molecular flexibility index (Phi) is 18.3. The molecule has 0 heterocycles. The third-order valence-electron chi connectivity index (χ3n) is 7.09. The number of amides is 1. The van der Waals surface area contributed by atoms with Gasteiger partial charge in [0, 0.05) is 11.6 Å². The number of thioether (sulfide) groups is 1. The number of carboxylic acid groups (broad SMARTS) is 1. The number of hydrogen-bond acceptors (Lipinski definition) is 4. The fourth-order valence-electron chi connectivity index (χ4n) is 4.85. The van der Waals surface area contributed by atoms with E-state index in [1.165, 1.54) is 57.1 Å². The van der Waals surface area contributed by atoms with Gasteiger partial charge < -0.3 is 15.7 Å². The molecule has 0 bridgehead atoms. The quantitative estimate of drug-likeness (QED) is 0.194. The van der Waals surface area contributed by atoms with E-state index in [1.54, 1.807) is 11.8 Å². The van der Waals surface area contributed by atoms with E-state index in [0.29, 0.717) is 17.7 Å². The van der Waals surface area contributed by atoms with Crippen LogP contribution in [0.2, 0.25) is 0 Å². The summed E-state index contributed by atoms with van der Waals surface area (Å²) in [5.41, 5.74) is 4.61. The van der Waals surface area contributed by atoms with Crippen molar-refractivity contribution in [3.63, 3.8) is 0 Å². The zero-order valence-electron chi connectivity index (χ0n) is 23.9. The molecule has 0 spiro atoms. The maximum absolute atomic E-state index is 12.9. The fourth-order valence-corrected chi connectivity index (χ4v) is 5.32. The predicted octanol–water partition coefficient (Wildman–Crippen LogP) is 6.61. The van der Waals surface area contributed by atoms with Gasteiger partial charge in [-0.2, -0.15) is 11.8 Å². The van der Waals surface area contributed by atoms with Crippen LogP contribution in [-0.4, -0.2) is 66.5 Å². The zero-order chi connectivity index (χ0) is 27.8. The van der Waals surface area contributed by atoms with Crippen LogP contribution in [0.3, 0.4) is 0 Å². The van der Waals surface area contributed by atoms with E-state index in [-0.39, 0.29) is 24.8 Å². The molecule has 1 atom stereocenters. The molecule has 1 fully saturated rings. The molecule has 3 N–H and O–H groups in total. The summed E-state index contributed by atoms with van der Waals surface area (Å²) in [7, 11) is 0. The molecule has 2 aromatic rings. The van der Waals surface area contributed by atoms with Crippen LogP contribution in [0, 0.1) is 6.92 Å². The molecule has 1 amide bonds. The van der Waals surface area contributed by atoms with E-state index in [4.69, 9.17) is 0 Å². The molecule has 1 aliphatic rings. The summed E-state index contributed by atoms with van der Waals surface area (Å²) in [4.78, 5) is 24.4. The molecule has 0 saturated heterocycles. The Labute approximate surface area is 252 Å². The number of carbonyl (C=O) groups excluding carboxylic acids is 1. The van der Waals surface area contributed by atoms with Crippen molar-refractivity contribution < 1.29 is 14.7 Å². The summed E-state index contributed by atoms with van der Waals surface area (Å²) in [6.45, 7) is 7.63. The van der Waals surface area contributed by atoms with Gasteiger partial charge in [0.15, 0.2) is 0 Å². The van der Waals surface area contributed by atoms with Gasteiger partial charge in [-0.15, -0.1) is 0 Å². The van der Waals surface area contributed by atoms with Crippen LogP contribution in [0.15, 0.2) is 42.5 Å². The van der Waals surface area contributed by atoms with Crippen molar-refractivity contribution in [1.29, 1.82) is 0 Å². The van der Waals surface area contributed by atoms with E-state index >= 15 is 0 Å². The van der Waals surface area contributed by atoms with Gasteiger partial charge in [-0.3, -0.25) is 4.79 Å². The molecular weight excluding hydrogens is 499 g/mol. The Morgan fingerprint density at radius 1 is 1.03 bits per heavy atom. The molecule has 7 heteroatoms. The second kappa shape index (κ2) is 20.2. The average molecular weight is 549 g/mol. The number of benzene rings is 2. The Hall–Kier alpha value is -1.71. The first-order valence-electron chi connectivity index (χ1n) is 14.4. The van der Waals surface area contributed by atoms with Crippen molar-refractivity contribution >= 4 is 42.5 Å². The molecule has 39 heavy (non-hydrogen) atoms. The van der Waals surface area contributed by atoms with Gasteiger partial charge in [0.2, 0.25) is 0 Å². The third kappa shape index (κ3) is 12.6. The molecule has 2 aromatic carbocycles. The van der Waals surface area contributed by atoms with Crippen molar-refractivity contribution in [2.75, 3.05) is 18.6 Å². The van der Waals surface area contributed by atoms with Gasteiger partial charge in [-0.25, -0.2) is 4.79 Å². The molecule has 1 unspecified atom stereocenters. The first-order chi connectivity index (χ1) is 18.4. The minimum atomic E-state index is -1.00. The summed E-state index contributed by atoms with van der Waals surface area (Å²) in [6, 6.07) is 13.7. The number of aliphatic carboxylic acids is 1. The minimum absolute atomic E-state index is 0. The SMILES string of the molecule is CCCCNC1CCCCC1.CCCc1ccc(C(=O)NC(CCSC)C(=O)O)c(-c2ccccc2C)c1.[LiH]. The second-order valence-corrected chi connectivity index (χ2v) is 11.2. The summed E-state index contributed by atoms with van der Waals surface area (Å²) < 4.78 is 0. The van der Waals surface area contributed by atoms with Gasteiger partial charge in [0.1, 0.15) is 6.04 Å². The van der Waals surface area contributed by atoms with Crippen LogP contribution in [0.25, 0.3) is 11.1 Å². The van der Waals surface area contributed by atoms with E-state index in [2.05, 4.69) is 30.5 Å². The number of carboxylic acids is 1. The van der Waals surface area contributed by atoms with Crippen LogP contribution < -0.4 is 10.6 Å². The van der Waals surface area contributed by atoms with Gasteiger partial charge >= 0.3 is 24.8 Å². The number of hydrogen-bond donors (Lipinski definition) is 3. The molecule has 0 aliphatic heterocycles. The zero-order valence-corrected chi connectivity index (χ0v) is 24.7. The molecule has 1 saturated carbocycles. The average Bonchev–Trinajstić information content (AvgIpc) is 2.92. The van der Waals surface area contributed by atoms with E-state index in [1.807, 2.05) is 49.6 Å². The Balaban J connectivity index is 0.000000532. The molecule has 5 nitrogen and oxygen atoms in total. The molecular formula is C32H49LiN2O3S. The van der Waals surface area contributed by atoms with Crippen LogP contribution in [0.5, 0.6) is 0 Å². The summed E-state index contributed by atoms with van der Waals surface area (Å²) in [5.74, 6) is -0.667. The Bertz CT molecular complexity index is 995. The van der Waals surface area contributed by atoms with Crippen molar-refractivity contribution in [2.24, 2.45) is 0 Å². The first kappa shape index (κ1) is 35.3. The topological polar surface area (TPSA) is 78.4 Å². The number of carbonyl (C=O) groups is 2. The predicted molar refractivity (Wildman–Crippen MR) is 169 cm³/mol. The van der Waals surface area contributed by atoms with Gasteiger partial charge in [0.05, 0.1) is 0 Å². The van der Waals surface area contributed by atoms with Crippen molar-refractivity contribution in [3.05, 3.63) is 59.2 Å². The fraction of sp³-hybridized carbons (Fsp3) is 0.562. The number of nitrogens with one attached hydrogen (secondary N) is 2. The van der Waals surface area contributed by atoms with Crippen molar-refractivity contribution in [1.82, 2.24) is 10.6 Å². The van der Waals surface area contributed by atoms with Crippen molar-refractivity contribution in [2.45, 2.75) is 97.1 Å². The Morgan fingerprint density at radius 3 is 2.36 bits per heavy atom. The van der Waals surface area contributed by atoms with E-state index in [9.17, 15) is 14.7 Å². The number of aryl methyl sites for hydroxylation is 2. The van der Waals surface area contributed by atoms with Crippen LogP contribution >= 0.6 is 11.8 Å². The summed E-state index contributed by atoms with van der Waals surface area (Å²) >= 11 is 1.57. The van der Waals surface area contributed by atoms with E-state index in [0.717, 1.165) is 35.6 Å². The van der Waals surface area contributed by atoms with Gasteiger partial charge in [-0.05, 0) is 85.9 Å². The summed E-state index contributed by atoms with van der Waals surface area (Å²) in [5, 5.41) is 15.7. The number of rotatable bonds is 13. The molecule has 212 valence electrons. The van der Waals surface area contributed by atoms with Gasteiger partial charge in [-0.1, -0.05) is 82.3 Å². The first-order valence-corrected chi connectivity index (χ1v) is 15.8. The third-order valence-corrected chi connectivity index (χ3v) is 7.73. The molecule has 0 aromatic heterocycles. The molecule has 3 rings (SSSR count). The van der Waals surface area contributed by atoms with Crippen LogP contribution in [0.4, 0.5) is 0 Å². The normalized spacial score (nSPS) is 13.9. The molecule has 1 aliphatic carbocycles. The monoisotopic (exact) mass is 548 g/mol. The Morgan fingerprint density at radius 2 is 1.74 bits per heavy atom. The van der Waals surface area contributed by atoms with Crippen molar-refractivity contribution in [3.8, 4) is 11.1 Å². The van der Waals surface area contributed by atoms with Crippen LogP contribution in [-0.2, 0) is 11.2 Å². The molecule has 0 radical (unpaired) electrons. The maximum atomic E-state index is 12.9.